The van der Waals surface area contributed by atoms with E-state index >= 15 is 0 Å². The molecule has 0 aliphatic carbocycles. The number of nitro groups is 1. The number of hydrogen-bond donors (Lipinski definition) is 2. The van der Waals surface area contributed by atoms with Crippen molar-refractivity contribution in [2.45, 2.75) is 37.7 Å². The zero-order chi connectivity index (χ0) is 27.7. The molecule has 2 N–H and O–H groups in total. The number of nitrogens with one attached hydrogen (secondary N) is 2. The van der Waals surface area contributed by atoms with E-state index in [1.165, 1.54) is 23.9 Å². The number of amides is 1. The van der Waals surface area contributed by atoms with E-state index in [2.05, 4.69) is 15.6 Å². The van der Waals surface area contributed by atoms with Gasteiger partial charge in [-0.3, -0.25) is 14.9 Å². The van der Waals surface area contributed by atoms with Gasteiger partial charge >= 0.3 is 0 Å². The van der Waals surface area contributed by atoms with Crippen LogP contribution in [-0.4, -0.2) is 25.6 Å². The molecule has 0 saturated heterocycles. The molecule has 2 heterocycles. The third kappa shape index (κ3) is 5.67. The second-order valence-corrected chi connectivity index (χ2v) is 10.6. The van der Waals surface area contributed by atoms with Crippen LogP contribution in [0.25, 0.3) is 0 Å². The van der Waals surface area contributed by atoms with Crippen molar-refractivity contribution in [1.82, 2.24) is 14.8 Å². The monoisotopic (exact) mass is 560 g/mol. The average Bonchev–Trinajstić information content (AvgIpc) is 3.30. The van der Waals surface area contributed by atoms with Crippen LogP contribution in [0, 0.1) is 24.0 Å². The number of carbonyl (C=O) groups is 1. The van der Waals surface area contributed by atoms with Crippen molar-refractivity contribution in [2.24, 2.45) is 0 Å². The Balaban J connectivity index is 1.51. The second-order valence-electron chi connectivity index (χ2n) is 9.27. The number of benzene rings is 3. The van der Waals surface area contributed by atoms with Crippen LogP contribution in [-0.2, 0) is 10.5 Å². The Labute approximate surface area is 234 Å². The van der Waals surface area contributed by atoms with Crippen molar-refractivity contribution in [2.75, 3.05) is 10.6 Å². The number of aryl methyl sites for hydroxylation is 2. The number of anilines is 2. The minimum atomic E-state index is -0.652. The van der Waals surface area contributed by atoms with Gasteiger partial charge in [0.25, 0.3) is 11.6 Å². The second kappa shape index (κ2) is 10.9. The van der Waals surface area contributed by atoms with E-state index in [0.717, 1.165) is 16.7 Å². The Kier molecular flexibility index (Phi) is 7.40. The third-order valence-corrected chi connectivity index (χ3v) is 7.53. The topological polar surface area (TPSA) is 115 Å². The van der Waals surface area contributed by atoms with Crippen LogP contribution in [0.2, 0.25) is 5.02 Å². The normalized spacial score (nSPS) is 14.5. The maximum atomic E-state index is 13.7. The molecule has 0 radical (unpaired) electrons. The number of allylic oxidation sites excluding steroid dienone is 1. The summed E-state index contributed by atoms with van der Waals surface area (Å²) < 4.78 is 1.66. The van der Waals surface area contributed by atoms with Crippen LogP contribution in [0.1, 0.15) is 35.2 Å². The first-order chi connectivity index (χ1) is 18.7. The average molecular weight is 561 g/mol. The summed E-state index contributed by atoms with van der Waals surface area (Å²) in [4.78, 5) is 29.2. The van der Waals surface area contributed by atoms with E-state index in [-0.39, 0.29) is 11.6 Å². The highest BCUT2D eigenvalue weighted by atomic mass is 35.5. The van der Waals surface area contributed by atoms with Crippen LogP contribution in [0.5, 0.6) is 0 Å². The summed E-state index contributed by atoms with van der Waals surface area (Å²) in [6, 6.07) is 18.9. The number of nitrogens with zero attached hydrogens (tertiary/aromatic N) is 4. The van der Waals surface area contributed by atoms with Crippen LogP contribution in [0.4, 0.5) is 17.3 Å². The van der Waals surface area contributed by atoms with Crippen molar-refractivity contribution in [3.8, 4) is 0 Å². The van der Waals surface area contributed by atoms with E-state index in [1.54, 1.807) is 16.8 Å². The molecule has 0 unspecified atom stereocenters. The molecule has 1 atom stereocenters. The number of halogens is 1. The lowest BCUT2D eigenvalue weighted by molar-refractivity contribution is -0.384. The van der Waals surface area contributed by atoms with Gasteiger partial charge in [-0.2, -0.15) is 4.98 Å². The molecule has 5 rings (SSSR count). The summed E-state index contributed by atoms with van der Waals surface area (Å²) in [5.41, 5.74) is 5.46. The lowest BCUT2D eigenvalue weighted by Gasteiger charge is -2.28. The Morgan fingerprint density at radius 3 is 2.59 bits per heavy atom. The minimum Gasteiger partial charge on any atom is -0.328 e. The molecular formula is C28H25ClN6O3S. The number of rotatable bonds is 7. The summed E-state index contributed by atoms with van der Waals surface area (Å²) in [7, 11) is 0. The SMILES string of the molecule is CC1=C(C(=O)Nc2ccc(C)cc2C)[C@@H](c2ccc([N+](=O)[O-])cc2)n2nc(SCc3cccc(Cl)c3)nc2N1. The number of thioether (sulfide) groups is 1. The van der Waals surface area contributed by atoms with Gasteiger partial charge in [-0.1, -0.05) is 53.2 Å². The highest BCUT2D eigenvalue weighted by Gasteiger charge is 2.34. The molecule has 1 amide bonds. The van der Waals surface area contributed by atoms with E-state index in [9.17, 15) is 14.9 Å². The smallest absolute Gasteiger partial charge is 0.269 e. The largest absolute Gasteiger partial charge is 0.328 e. The molecule has 0 saturated carbocycles. The standard InChI is InChI=1S/C28H25ClN6O3S/c1-16-7-12-23(17(2)13-16)31-26(36)24-18(3)30-27-32-28(39-15-19-5-4-6-21(29)14-19)33-34(27)25(24)20-8-10-22(11-9-20)35(37)38/h4-14,25H,15H2,1-3H3,(H,31,36)(H,30,32,33)/t25-/m1/s1. The summed E-state index contributed by atoms with van der Waals surface area (Å²) in [6.45, 7) is 5.75. The number of hydrogen-bond acceptors (Lipinski definition) is 7. The molecule has 0 bridgehead atoms. The Hall–Kier alpha value is -4.15. The summed E-state index contributed by atoms with van der Waals surface area (Å²) in [5.74, 6) is 0.788. The molecule has 1 aliphatic rings. The number of nitro benzene ring substituents is 1. The zero-order valence-corrected chi connectivity index (χ0v) is 23.0. The lowest BCUT2D eigenvalue weighted by atomic mass is 9.94. The van der Waals surface area contributed by atoms with E-state index in [4.69, 9.17) is 16.7 Å². The molecule has 39 heavy (non-hydrogen) atoms. The van der Waals surface area contributed by atoms with Crippen LogP contribution in [0.15, 0.2) is 83.2 Å². The lowest BCUT2D eigenvalue weighted by Crippen LogP contribution is -2.31. The van der Waals surface area contributed by atoms with Gasteiger partial charge < -0.3 is 10.6 Å². The quantitative estimate of drug-likeness (QED) is 0.147. The first kappa shape index (κ1) is 26.5. The van der Waals surface area contributed by atoms with E-state index in [1.807, 2.05) is 63.2 Å². The van der Waals surface area contributed by atoms with Crippen molar-refractivity contribution in [3.05, 3.63) is 115 Å². The highest BCUT2D eigenvalue weighted by Crippen LogP contribution is 2.37. The third-order valence-electron chi connectivity index (χ3n) is 6.38. The summed E-state index contributed by atoms with van der Waals surface area (Å²) in [5, 5.41) is 23.4. The minimum absolute atomic E-state index is 0.0359. The molecule has 0 fully saturated rings. The van der Waals surface area contributed by atoms with Crippen LogP contribution >= 0.6 is 23.4 Å². The van der Waals surface area contributed by atoms with E-state index in [0.29, 0.717) is 44.4 Å². The number of fused-ring (bicyclic) bond motifs is 1. The van der Waals surface area contributed by atoms with Gasteiger partial charge in [0.2, 0.25) is 11.1 Å². The predicted octanol–water partition coefficient (Wildman–Crippen LogP) is 6.68. The van der Waals surface area contributed by atoms with Crippen molar-refractivity contribution >= 4 is 46.6 Å². The fourth-order valence-electron chi connectivity index (χ4n) is 4.49. The first-order valence-electron chi connectivity index (χ1n) is 12.1. The van der Waals surface area contributed by atoms with Crippen molar-refractivity contribution in [1.29, 1.82) is 0 Å². The van der Waals surface area contributed by atoms with Crippen molar-refractivity contribution in [3.63, 3.8) is 0 Å². The van der Waals surface area contributed by atoms with Gasteiger partial charge in [0, 0.05) is 34.3 Å². The Bertz CT molecular complexity index is 1620. The maximum Gasteiger partial charge on any atom is 0.269 e. The fraction of sp³-hybridized carbons (Fsp3) is 0.179. The number of aromatic nitrogens is 3. The first-order valence-corrected chi connectivity index (χ1v) is 13.5. The molecule has 11 heteroatoms. The Morgan fingerprint density at radius 2 is 1.90 bits per heavy atom. The molecule has 1 aliphatic heterocycles. The van der Waals surface area contributed by atoms with Gasteiger partial charge in [-0.25, -0.2) is 4.68 Å². The zero-order valence-electron chi connectivity index (χ0n) is 21.4. The van der Waals surface area contributed by atoms with Gasteiger partial charge in [0.15, 0.2) is 0 Å². The molecule has 0 spiro atoms. The molecule has 9 nitrogen and oxygen atoms in total. The molecule has 4 aromatic rings. The van der Waals surface area contributed by atoms with Gasteiger partial charge in [-0.05, 0) is 67.8 Å². The molecular weight excluding hydrogens is 536 g/mol. The van der Waals surface area contributed by atoms with Crippen molar-refractivity contribution < 1.29 is 9.72 Å². The predicted molar refractivity (Wildman–Crippen MR) is 153 cm³/mol. The number of non-ortho nitro benzene ring substituents is 1. The van der Waals surface area contributed by atoms with Crippen LogP contribution in [0.3, 0.4) is 0 Å². The van der Waals surface area contributed by atoms with Gasteiger partial charge in [-0.15, -0.1) is 5.10 Å². The van der Waals surface area contributed by atoms with Gasteiger partial charge in [0.1, 0.15) is 6.04 Å². The maximum absolute atomic E-state index is 13.7. The number of carbonyl (C=O) groups excluding carboxylic acids is 1. The molecule has 198 valence electrons. The Morgan fingerprint density at radius 1 is 1.13 bits per heavy atom. The highest BCUT2D eigenvalue weighted by molar-refractivity contribution is 7.98. The molecule has 1 aromatic heterocycles. The van der Waals surface area contributed by atoms with E-state index < -0.39 is 11.0 Å². The van der Waals surface area contributed by atoms with Gasteiger partial charge in [0.05, 0.1) is 10.5 Å². The summed E-state index contributed by atoms with van der Waals surface area (Å²) >= 11 is 7.57. The van der Waals surface area contributed by atoms with Crippen LogP contribution < -0.4 is 10.6 Å². The summed E-state index contributed by atoms with van der Waals surface area (Å²) in [6.07, 6.45) is 0. The fourth-order valence-corrected chi connectivity index (χ4v) is 5.48. The molecule has 3 aromatic carbocycles.